The highest BCUT2D eigenvalue weighted by molar-refractivity contribution is 5.95. The van der Waals surface area contributed by atoms with E-state index in [9.17, 15) is 4.79 Å². The lowest BCUT2D eigenvalue weighted by Gasteiger charge is -2.28. The molecule has 1 amide bonds. The van der Waals surface area contributed by atoms with Crippen LogP contribution in [0.3, 0.4) is 0 Å². The molecule has 0 saturated carbocycles. The van der Waals surface area contributed by atoms with Crippen LogP contribution in [-0.2, 0) is 17.6 Å². The van der Waals surface area contributed by atoms with Gasteiger partial charge in [0.25, 0.3) is 5.91 Å². The first-order valence-corrected chi connectivity index (χ1v) is 10.2. The molecule has 29 heavy (non-hydrogen) atoms. The monoisotopic (exact) mass is 399 g/mol. The molecule has 8 nitrogen and oxygen atoms in total. The van der Waals surface area contributed by atoms with Crippen molar-refractivity contribution in [3.63, 3.8) is 0 Å². The standard InChI is InChI=1S/C21H29N5O3/c1-14-13-17(15(2)29-14)20(27)25-7-5-16-18(6-8-25)22-21(23-19(16)24(3)4)26-9-11-28-12-10-26/h13H,5-12H2,1-4H3. The summed E-state index contributed by atoms with van der Waals surface area (Å²) >= 11 is 0. The van der Waals surface area contributed by atoms with Gasteiger partial charge in [-0.1, -0.05) is 0 Å². The lowest BCUT2D eigenvalue weighted by Crippen LogP contribution is -2.38. The van der Waals surface area contributed by atoms with Crippen LogP contribution in [0.5, 0.6) is 0 Å². The minimum Gasteiger partial charge on any atom is -0.466 e. The Labute approximate surface area is 171 Å². The highest BCUT2D eigenvalue weighted by Crippen LogP contribution is 2.27. The Balaban J connectivity index is 1.61. The van der Waals surface area contributed by atoms with E-state index in [-0.39, 0.29) is 5.91 Å². The van der Waals surface area contributed by atoms with Crippen LogP contribution in [-0.4, -0.2) is 74.3 Å². The van der Waals surface area contributed by atoms with E-state index < -0.39 is 0 Å². The molecule has 0 aromatic carbocycles. The topological polar surface area (TPSA) is 74.9 Å². The third-order valence-electron chi connectivity index (χ3n) is 5.59. The van der Waals surface area contributed by atoms with Gasteiger partial charge in [0.15, 0.2) is 0 Å². The van der Waals surface area contributed by atoms with Crippen LogP contribution in [0, 0.1) is 13.8 Å². The van der Waals surface area contributed by atoms with Crippen LogP contribution >= 0.6 is 0 Å². The van der Waals surface area contributed by atoms with Gasteiger partial charge in [-0.2, -0.15) is 4.98 Å². The number of hydrogen-bond donors (Lipinski definition) is 0. The van der Waals surface area contributed by atoms with Crippen molar-refractivity contribution in [3.8, 4) is 0 Å². The molecule has 156 valence electrons. The zero-order chi connectivity index (χ0) is 20.5. The van der Waals surface area contributed by atoms with Gasteiger partial charge in [-0.05, 0) is 26.3 Å². The van der Waals surface area contributed by atoms with Crippen LogP contribution in [0.1, 0.15) is 33.1 Å². The number of carbonyl (C=O) groups is 1. The van der Waals surface area contributed by atoms with Crippen molar-refractivity contribution in [2.45, 2.75) is 26.7 Å². The van der Waals surface area contributed by atoms with Crippen molar-refractivity contribution in [1.82, 2.24) is 14.9 Å². The summed E-state index contributed by atoms with van der Waals surface area (Å²) in [6, 6.07) is 1.83. The smallest absolute Gasteiger partial charge is 0.257 e. The maximum atomic E-state index is 13.1. The number of fused-ring (bicyclic) bond motifs is 1. The molecule has 2 aliphatic rings. The van der Waals surface area contributed by atoms with E-state index in [0.717, 1.165) is 54.7 Å². The Morgan fingerprint density at radius 1 is 1.07 bits per heavy atom. The molecule has 0 atom stereocenters. The van der Waals surface area contributed by atoms with Crippen molar-refractivity contribution in [1.29, 1.82) is 0 Å². The zero-order valence-electron chi connectivity index (χ0n) is 17.7. The summed E-state index contributed by atoms with van der Waals surface area (Å²) in [6.07, 6.45) is 1.46. The predicted octanol–water partition coefficient (Wildman–Crippen LogP) is 1.83. The van der Waals surface area contributed by atoms with Gasteiger partial charge in [0.2, 0.25) is 5.95 Å². The highest BCUT2D eigenvalue weighted by Gasteiger charge is 2.27. The molecule has 4 rings (SSSR count). The summed E-state index contributed by atoms with van der Waals surface area (Å²) < 4.78 is 11.0. The molecule has 0 aliphatic carbocycles. The molecule has 4 heterocycles. The average Bonchev–Trinajstić information content (AvgIpc) is 2.92. The first-order chi connectivity index (χ1) is 13.9. The number of aromatic nitrogens is 2. The fraction of sp³-hybridized carbons (Fsp3) is 0.571. The predicted molar refractivity (Wildman–Crippen MR) is 111 cm³/mol. The molecule has 8 heteroatoms. The first kappa shape index (κ1) is 19.7. The summed E-state index contributed by atoms with van der Waals surface area (Å²) in [5.41, 5.74) is 2.84. The van der Waals surface area contributed by atoms with Gasteiger partial charge in [0.1, 0.15) is 17.3 Å². The summed E-state index contributed by atoms with van der Waals surface area (Å²) in [7, 11) is 4.02. The van der Waals surface area contributed by atoms with Gasteiger partial charge in [0.05, 0.1) is 24.5 Å². The summed E-state index contributed by atoms with van der Waals surface area (Å²) in [5.74, 6) is 3.18. The Bertz CT molecular complexity index is 902. The van der Waals surface area contributed by atoms with E-state index in [1.807, 2.05) is 43.8 Å². The van der Waals surface area contributed by atoms with Gasteiger partial charge < -0.3 is 23.9 Å². The quantitative estimate of drug-likeness (QED) is 0.779. The van der Waals surface area contributed by atoms with Crippen LogP contribution in [0.15, 0.2) is 10.5 Å². The number of aryl methyl sites for hydroxylation is 2. The van der Waals surface area contributed by atoms with Crippen LogP contribution in [0.4, 0.5) is 11.8 Å². The fourth-order valence-corrected chi connectivity index (χ4v) is 4.06. The number of furan rings is 1. The molecule has 1 saturated heterocycles. The van der Waals surface area contributed by atoms with Crippen molar-refractivity contribution < 1.29 is 13.9 Å². The SMILES string of the molecule is Cc1cc(C(=O)N2CCc3nc(N4CCOCC4)nc(N(C)C)c3CC2)c(C)o1. The van der Waals surface area contributed by atoms with Gasteiger partial charge in [0, 0.05) is 52.3 Å². The van der Waals surface area contributed by atoms with Crippen LogP contribution in [0.25, 0.3) is 0 Å². The average molecular weight is 399 g/mol. The second-order valence-electron chi connectivity index (χ2n) is 7.89. The number of amides is 1. The van der Waals surface area contributed by atoms with E-state index in [4.69, 9.17) is 19.1 Å². The number of morpholine rings is 1. The van der Waals surface area contributed by atoms with Crippen molar-refractivity contribution >= 4 is 17.7 Å². The molecule has 0 unspecified atom stereocenters. The number of rotatable bonds is 3. The molecule has 0 radical (unpaired) electrons. The van der Waals surface area contributed by atoms with Crippen molar-refractivity contribution in [2.24, 2.45) is 0 Å². The normalized spacial score (nSPS) is 17.1. The number of ether oxygens (including phenoxy) is 1. The number of carbonyl (C=O) groups excluding carboxylic acids is 1. The highest BCUT2D eigenvalue weighted by atomic mass is 16.5. The maximum absolute atomic E-state index is 13.1. The van der Waals surface area contributed by atoms with Gasteiger partial charge >= 0.3 is 0 Å². The fourth-order valence-electron chi connectivity index (χ4n) is 4.06. The maximum Gasteiger partial charge on any atom is 0.257 e. The van der Waals surface area contributed by atoms with Gasteiger partial charge in [-0.3, -0.25) is 4.79 Å². The van der Waals surface area contributed by atoms with Crippen molar-refractivity contribution in [2.75, 3.05) is 63.3 Å². The van der Waals surface area contributed by atoms with E-state index >= 15 is 0 Å². The molecule has 2 aliphatic heterocycles. The zero-order valence-corrected chi connectivity index (χ0v) is 17.7. The Kier molecular flexibility index (Phi) is 5.45. The van der Waals surface area contributed by atoms with E-state index in [0.29, 0.717) is 37.6 Å². The Hall–Kier alpha value is -2.61. The molecular weight excluding hydrogens is 370 g/mol. The third-order valence-corrected chi connectivity index (χ3v) is 5.59. The molecule has 2 aromatic rings. The Morgan fingerprint density at radius 3 is 2.45 bits per heavy atom. The lowest BCUT2D eigenvalue weighted by atomic mass is 10.1. The van der Waals surface area contributed by atoms with E-state index in [1.54, 1.807) is 0 Å². The second-order valence-corrected chi connectivity index (χ2v) is 7.89. The summed E-state index contributed by atoms with van der Waals surface area (Å²) in [6.45, 7) is 8.00. The Morgan fingerprint density at radius 2 is 1.79 bits per heavy atom. The lowest BCUT2D eigenvalue weighted by molar-refractivity contribution is 0.0761. The van der Waals surface area contributed by atoms with Crippen molar-refractivity contribution in [3.05, 3.63) is 34.4 Å². The molecule has 0 bridgehead atoms. The molecule has 2 aromatic heterocycles. The van der Waals surface area contributed by atoms with E-state index in [2.05, 4.69) is 4.90 Å². The van der Waals surface area contributed by atoms with Crippen LogP contribution in [0.2, 0.25) is 0 Å². The first-order valence-electron chi connectivity index (χ1n) is 10.2. The molecule has 0 spiro atoms. The van der Waals surface area contributed by atoms with E-state index in [1.165, 1.54) is 0 Å². The largest absolute Gasteiger partial charge is 0.466 e. The minimum atomic E-state index is 0.0277. The molecule has 0 N–H and O–H groups in total. The molecular formula is C21H29N5O3. The van der Waals surface area contributed by atoms with Gasteiger partial charge in [-0.15, -0.1) is 0 Å². The summed E-state index contributed by atoms with van der Waals surface area (Å²) in [5, 5.41) is 0. The summed E-state index contributed by atoms with van der Waals surface area (Å²) in [4.78, 5) is 29.0. The second kappa shape index (κ2) is 8.02. The third kappa shape index (κ3) is 3.94. The van der Waals surface area contributed by atoms with Gasteiger partial charge in [-0.25, -0.2) is 4.98 Å². The number of hydrogen-bond acceptors (Lipinski definition) is 7. The minimum absolute atomic E-state index is 0.0277. The number of nitrogens with zero attached hydrogens (tertiary/aromatic N) is 5. The van der Waals surface area contributed by atoms with Crippen LogP contribution < -0.4 is 9.80 Å². The number of anilines is 2. The molecule has 1 fully saturated rings.